The largest absolute Gasteiger partial charge is 2.00 e. The summed E-state index contributed by atoms with van der Waals surface area (Å²) in [6, 6.07) is 1.81. The molecular formula is C8H8MgO6. The Kier molecular flexibility index (Phi) is 4.37. The third-order valence-corrected chi connectivity index (χ3v) is 1.60. The number of aromatic hydroxyl groups is 2. The van der Waals surface area contributed by atoms with Crippen LogP contribution in [0.25, 0.3) is 0 Å². The topological polar surface area (TPSA) is 115 Å². The Morgan fingerprint density at radius 2 is 1.60 bits per heavy atom. The Morgan fingerprint density at radius 3 is 2.00 bits per heavy atom. The Labute approximate surface area is 103 Å². The van der Waals surface area contributed by atoms with E-state index in [4.69, 9.17) is 20.4 Å². The van der Waals surface area contributed by atoms with Gasteiger partial charge in [-0.15, -0.1) is 0 Å². The molecule has 0 unspecified atom stereocenters. The molecule has 0 aliphatic carbocycles. The fourth-order valence-electron chi connectivity index (χ4n) is 0.975. The summed E-state index contributed by atoms with van der Waals surface area (Å²) in [4.78, 5) is 21.1. The fourth-order valence-corrected chi connectivity index (χ4v) is 0.975. The minimum atomic E-state index is -1.61. The van der Waals surface area contributed by atoms with Crippen molar-refractivity contribution in [1.82, 2.24) is 0 Å². The fraction of sp³-hybridized carbons (Fsp3) is 0. The second-order valence-corrected chi connectivity index (χ2v) is 2.47. The number of benzene rings is 1. The molecular weight excluding hydrogens is 216 g/mol. The van der Waals surface area contributed by atoms with Crippen LogP contribution in [0.2, 0.25) is 0 Å². The second kappa shape index (κ2) is 4.85. The van der Waals surface area contributed by atoms with E-state index in [-0.39, 0.29) is 25.9 Å². The minimum Gasteiger partial charge on any atom is -1.00 e. The van der Waals surface area contributed by atoms with Crippen LogP contribution in [0, 0.1) is 0 Å². The Hall–Kier alpha value is -1.47. The maximum atomic E-state index is 10.6. The van der Waals surface area contributed by atoms with Crippen LogP contribution < -0.4 is 0 Å². The maximum absolute atomic E-state index is 10.6. The van der Waals surface area contributed by atoms with Gasteiger partial charge in [0.05, 0.1) is 5.56 Å². The third kappa shape index (κ3) is 2.51. The van der Waals surface area contributed by atoms with E-state index in [9.17, 15) is 9.59 Å². The first-order valence-corrected chi connectivity index (χ1v) is 3.46. The van der Waals surface area contributed by atoms with Crippen LogP contribution in [0.5, 0.6) is 11.5 Å². The molecule has 0 aliphatic heterocycles. The van der Waals surface area contributed by atoms with Gasteiger partial charge in [-0.2, -0.15) is 0 Å². The van der Waals surface area contributed by atoms with Gasteiger partial charge in [0.1, 0.15) is 5.56 Å². The smallest absolute Gasteiger partial charge is 1.00 e. The summed E-state index contributed by atoms with van der Waals surface area (Å²) >= 11 is 0. The van der Waals surface area contributed by atoms with Crippen LogP contribution in [0.3, 0.4) is 0 Å². The first-order chi connectivity index (χ1) is 6.45. The van der Waals surface area contributed by atoms with Gasteiger partial charge in [-0.1, -0.05) is 0 Å². The first-order valence-electron chi connectivity index (χ1n) is 3.46. The van der Waals surface area contributed by atoms with Gasteiger partial charge in [0, 0.05) is 0 Å². The standard InChI is InChI=1S/C8H6O6.Mg.2H/c9-4-2-1-3(7(11)12)5(6(4)10)8(13)14;;;/h1-2,9-10H,(H,11,12)(H,13,14);;;/q;+2;2*-1. The van der Waals surface area contributed by atoms with Crippen molar-refractivity contribution in [2.75, 3.05) is 0 Å². The van der Waals surface area contributed by atoms with Crippen molar-refractivity contribution in [1.29, 1.82) is 0 Å². The number of carboxylic acid groups (broad SMARTS) is 2. The van der Waals surface area contributed by atoms with Crippen molar-refractivity contribution in [3.05, 3.63) is 23.3 Å². The summed E-state index contributed by atoms with van der Waals surface area (Å²) in [6.07, 6.45) is 0. The van der Waals surface area contributed by atoms with Gasteiger partial charge in [0.15, 0.2) is 11.5 Å². The normalized spacial score (nSPS) is 9.07. The quantitative estimate of drug-likeness (QED) is 0.425. The van der Waals surface area contributed by atoms with Gasteiger partial charge in [0.2, 0.25) is 0 Å². The van der Waals surface area contributed by atoms with Gasteiger partial charge in [-0.05, 0) is 12.1 Å². The van der Waals surface area contributed by atoms with Crippen LogP contribution in [-0.4, -0.2) is 55.4 Å². The van der Waals surface area contributed by atoms with Gasteiger partial charge in [0.25, 0.3) is 0 Å². The van der Waals surface area contributed by atoms with Gasteiger partial charge >= 0.3 is 35.0 Å². The summed E-state index contributed by atoms with van der Waals surface area (Å²) in [7, 11) is 0. The van der Waals surface area contributed by atoms with Crippen LogP contribution in [0.1, 0.15) is 23.6 Å². The van der Waals surface area contributed by atoms with Crippen molar-refractivity contribution >= 4 is 35.0 Å². The van der Waals surface area contributed by atoms with E-state index in [1.165, 1.54) is 0 Å². The van der Waals surface area contributed by atoms with Crippen molar-refractivity contribution in [2.24, 2.45) is 0 Å². The molecule has 0 bridgehead atoms. The molecule has 1 rings (SSSR count). The molecule has 0 atom stereocenters. The van der Waals surface area contributed by atoms with E-state index in [0.29, 0.717) is 0 Å². The molecule has 0 aliphatic rings. The van der Waals surface area contributed by atoms with Gasteiger partial charge in [-0.25, -0.2) is 9.59 Å². The molecule has 15 heavy (non-hydrogen) atoms. The molecule has 0 aromatic heterocycles. The zero-order valence-electron chi connectivity index (χ0n) is 9.47. The Morgan fingerprint density at radius 1 is 1.07 bits per heavy atom. The molecule has 0 spiro atoms. The summed E-state index contributed by atoms with van der Waals surface area (Å²) in [5, 5.41) is 35.2. The van der Waals surface area contributed by atoms with Gasteiger partial charge < -0.3 is 23.3 Å². The summed E-state index contributed by atoms with van der Waals surface area (Å²) in [5.74, 6) is -4.72. The van der Waals surface area contributed by atoms with Crippen molar-refractivity contribution in [2.45, 2.75) is 0 Å². The molecule has 0 amide bonds. The number of carboxylic acids is 2. The van der Waals surface area contributed by atoms with E-state index in [1.807, 2.05) is 0 Å². The number of hydrogen-bond donors (Lipinski definition) is 4. The van der Waals surface area contributed by atoms with E-state index in [0.717, 1.165) is 12.1 Å². The third-order valence-electron chi connectivity index (χ3n) is 1.60. The van der Waals surface area contributed by atoms with Crippen LogP contribution in [-0.2, 0) is 0 Å². The average Bonchev–Trinajstić information content (AvgIpc) is 2.08. The predicted molar refractivity (Wildman–Crippen MR) is 51.7 cm³/mol. The van der Waals surface area contributed by atoms with Crippen molar-refractivity contribution in [3.8, 4) is 11.5 Å². The predicted octanol–water partition coefficient (Wildman–Crippen LogP) is 0.338. The van der Waals surface area contributed by atoms with Crippen LogP contribution >= 0.6 is 0 Å². The van der Waals surface area contributed by atoms with E-state index < -0.39 is 34.6 Å². The molecule has 6 nitrogen and oxygen atoms in total. The molecule has 0 heterocycles. The second-order valence-electron chi connectivity index (χ2n) is 2.47. The van der Waals surface area contributed by atoms with Gasteiger partial charge in [-0.3, -0.25) is 0 Å². The number of carbonyl (C=O) groups is 2. The number of aromatic carboxylic acids is 2. The number of rotatable bonds is 2. The molecule has 0 radical (unpaired) electrons. The Balaban J connectivity index is -0.000000653. The van der Waals surface area contributed by atoms with Crippen LogP contribution in [0.15, 0.2) is 12.1 Å². The molecule has 0 saturated carbocycles. The summed E-state index contributed by atoms with van der Waals surface area (Å²) in [5.41, 5.74) is -1.40. The minimum absolute atomic E-state index is 0. The summed E-state index contributed by atoms with van der Waals surface area (Å²) in [6.45, 7) is 0. The molecule has 0 fully saturated rings. The monoisotopic (exact) mass is 224 g/mol. The Bertz CT molecular complexity index is 423. The molecule has 7 heteroatoms. The van der Waals surface area contributed by atoms with E-state index in [1.54, 1.807) is 0 Å². The molecule has 1 aromatic rings. The summed E-state index contributed by atoms with van der Waals surface area (Å²) < 4.78 is 0. The molecule has 1 aromatic carbocycles. The number of phenols is 2. The first kappa shape index (κ1) is 13.5. The van der Waals surface area contributed by atoms with Crippen molar-refractivity contribution < 1.29 is 32.9 Å². The maximum Gasteiger partial charge on any atom is 2.00 e. The molecule has 4 N–H and O–H groups in total. The zero-order valence-corrected chi connectivity index (χ0v) is 8.88. The SMILES string of the molecule is O=C(O)c1ccc(O)c(O)c1C(=O)O.[H-].[H-].[Mg+2]. The number of hydrogen-bond acceptors (Lipinski definition) is 4. The van der Waals surface area contributed by atoms with E-state index >= 15 is 0 Å². The zero-order chi connectivity index (χ0) is 10.9. The number of phenolic OH excluding ortho intramolecular Hbond substituents is 1. The molecule has 78 valence electrons. The molecule has 0 saturated heterocycles. The van der Waals surface area contributed by atoms with E-state index in [2.05, 4.69) is 0 Å². The average molecular weight is 224 g/mol. The van der Waals surface area contributed by atoms with Crippen molar-refractivity contribution in [3.63, 3.8) is 0 Å². The van der Waals surface area contributed by atoms with Crippen LogP contribution in [0.4, 0.5) is 0 Å².